The van der Waals surface area contributed by atoms with Crippen LogP contribution in [0.1, 0.15) is 70.9 Å². The Morgan fingerprint density at radius 1 is 1.19 bits per heavy atom. The molecule has 2 rings (SSSR count). The number of likely N-dealkylation sites (N-methyl/N-ethyl adjacent to an activating group) is 1. The van der Waals surface area contributed by atoms with E-state index < -0.39 is 6.09 Å². The van der Waals surface area contributed by atoms with Gasteiger partial charge >= 0.3 is 6.09 Å². The predicted molar refractivity (Wildman–Crippen MR) is 121 cm³/mol. The summed E-state index contributed by atoms with van der Waals surface area (Å²) < 4.78 is 11.4. The van der Waals surface area contributed by atoms with E-state index in [4.69, 9.17) is 21.1 Å². The van der Waals surface area contributed by atoms with Crippen molar-refractivity contribution < 1.29 is 14.3 Å². The van der Waals surface area contributed by atoms with Gasteiger partial charge in [0.2, 0.25) is 5.88 Å². The molecule has 1 aromatic heterocycles. The first kappa shape index (κ1) is 24.7. The fraction of sp³-hybridized carbons (Fsp3) is 0.682. The lowest BCUT2D eigenvalue weighted by Crippen LogP contribution is -2.38. The normalized spacial score (nSPS) is 16.3. The molecule has 0 saturated heterocycles. The molecule has 1 fully saturated rings. The molecule has 1 aliphatic carbocycles. The molecule has 174 valence electrons. The van der Waals surface area contributed by atoms with Gasteiger partial charge in [-0.1, -0.05) is 26.7 Å². The third-order valence-corrected chi connectivity index (χ3v) is 5.74. The lowest BCUT2D eigenvalue weighted by molar-refractivity contribution is 0.0963. The summed E-state index contributed by atoms with van der Waals surface area (Å²) in [5.74, 6) is 6.43. The smallest absolute Gasteiger partial charge is 0.410 e. The average molecular weight is 435 g/mol. The summed E-state index contributed by atoms with van der Waals surface area (Å²) in [6, 6.07) is 0.139. The topological polar surface area (TPSA) is 120 Å². The molecule has 0 radical (unpaired) electrons. The fourth-order valence-corrected chi connectivity index (χ4v) is 3.77. The van der Waals surface area contributed by atoms with Gasteiger partial charge in [0, 0.05) is 20.1 Å². The van der Waals surface area contributed by atoms with E-state index in [-0.39, 0.29) is 18.8 Å². The van der Waals surface area contributed by atoms with Gasteiger partial charge in [-0.15, -0.1) is 0 Å². The Labute approximate surface area is 185 Å². The minimum absolute atomic E-state index is 0.0629. The van der Waals surface area contributed by atoms with Gasteiger partial charge in [-0.2, -0.15) is 0 Å². The number of hydrazine groups is 1. The molecule has 0 aliphatic heterocycles. The maximum Gasteiger partial charge on any atom is 0.410 e. The van der Waals surface area contributed by atoms with Crippen LogP contribution < -0.4 is 16.3 Å². The third-order valence-electron chi connectivity index (χ3n) is 5.74. The van der Waals surface area contributed by atoms with Crippen LogP contribution in [0.2, 0.25) is 0 Å². The standard InChI is InChI=1S/C22H38N6O3/c1-5-10-16(6-2)27(3)22(29)30-15-19(28(4)24)21(23)18-13-26-20(14-25-18)31-17-11-8-7-9-12-17/h13-14,16-17H,5-12,15,23-24H2,1-4H3/b21-19-. The van der Waals surface area contributed by atoms with E-state index >= 15 is 0 Å². The Kier molecular flexibility index (Phi) is 9.84. The third kappa shape index (κ3) is 7.27. The van der Waals surface area contributed by atoms with E-state index in [9.17, 15) is 4.79 Å². The molecule has 1 heterocycles. The molecular formula is C22H38N6O3. The lowest BCUT2D eigenvalue weighted by Gasteiger charge is -2.27. The quantitative estimate of drug-likeness (QED) is 0.425. The van der Waals surface area contributed by atoms with E-state index in [1.54, 1.807) is 31.4 Å². The predicted octanol–water partition coefficient (Wildman–Crippen LogP) is 3.27. The summed E-state index contributed by atoms with van der Waals surface area (Å²) in [4.78, 5) is 22.8. The molecule has 4 N–H and O–H groups in total. The first-order chi connectivity index (χ1) is 14.9. The van der Waals surface area contributed by atoms with Gasteiger partial charge in [0.25, 0.3) is 0 Å². The number of nitrogens with two attached hydrogens (primary N) is 2. The van der Waals surface area contributed by atoms with Gasteiger partial charge in [0.15, 0.2) is 0 Å². The van der Waals surface area contributed by atoms with E-state index in [0.29, 0.717) is 23.0 Å². The molecule has 0 aromatic carbocycles. The van der Waals surface area contributed by atoms with Gasteiger partial charge in [-0.05, 0) is 38.5 Å². The molecule has 0 bridgehead atoms. The fourth-order valence-electron chi connectivity index (χ4n) is 3.77. The number of amides is 1. The summed E-state index contributed by atoms with van der Waals surface area (Å²) >= 11 is 0. The Hall–Kier alpha value is -2.55. The number of hydrogen-bond acceptors (Lipinski definition) is 8. The van der Waals surface area contributed by atoms with Gasteiger partial charge in [0.1, 0.15) is 18.4 Å². The molecule has 1 unspecified atom stereocenters. The number of carbonyl (C=O) groups excluding carboxylic acids is 1. The number of aromatic nitrogens is 2. The van der Waals surface area contributed by atoms with Crippen LogP contribution in [0.4, 0.5) is 4.79 Å². The van der Waals surface area contributed by atoms with Crippen LogP contribution in [0.15, 0.2) is 18.1 Å². The van der Waals surface area contributed by atoms with Gasteiger partial charge in [0.05, 0.1) is 23.8 Å². The summed E-state index contributed by atoms with van der Waals surface area (Å²) in [5, 5.41) is 1.33. The summed E-state index contributed by atoms with van der Waals surface area (Å²) in [5.41, 5.74) is 7.48. The van der Waals surface area contributed by atoms with Crippen molar-refractivity contribution in [3.05, 3.63) is 23.8 Å². The second kappa shape index (κ2) is 12.3. The zero-order valence-corrected chi connectivity index (χ0v) is 19.3. The highest BCUT2D eigenvalue weighted by molar-refractivity contribution is 5.69. The van der Waals surface area contributed by atoms with Crippen molar-refractivity contribution in [1.29, 1.82) is 0 Å². The Morgan fingerprint density at radius 2 is 1.90 bits per heavy atom. The zero-order valence-electron chi connectivity index (χ0n) is 19.3. The summed E-state index contributed by atoms with van der Waals surface area (Å²) in [7, 11) is 3.39. The Balaban J connectivity index is 2.04. The molecule has 1 atom stereocenters. The van der Waals surface area contributed by atoms with Crippen LogP contribution >= 0.6 is 0 Å². The number of hydrogen-bond donors (Lipinski definition) is 2. The van der Waals surface area contributed by atoms with Crippen molar-refractivity contribution in [2.75, 3.05) is 20.7 Å². The first-order valence-electron chi connectivity index (χ1n) is 11.2. The van der Waals surface area contributed by atoms with E-state index in [0.717, 1.165) is 32.1 Å². The van der Waals surface area contributed by atoms with Crippen molar-refractivity contribution in [2.24, 2.45) is 11.6 Å². The second-order valence-corrected chi connectivity index (χ2v) is 8.11. The maximum atomic E-state index is 12.5. The van der Waals surface area contributed by atoms with Crippen molar-refractivity contribution in [3.8, 4) is 5.88 Å². The number of ether oxygens (including phenoxy) is 2. The molecule has 1 saturated carbocycles. The van der Waals surface area contributed by atoms with Crippen molar-refractivity contribution in [1.82, 2.24) is 19.9 Å². The van der Waals surface area contributed by atoms with Crippen LogP contribution in [0.5, 0.6) is 5.88 Å². The van der Waals surface area contributed by atoms with Crippen molar-refractivity contribution in [2.45, 2.75) is 77.4 Å². The number of nitrogens with zero attached hydrogens (tertiary/aromatic N) is 4. The minimum atomic E-state index is -0.408. The van der Waals surface area contributed by atoms with Gasteiger partial charge in [-0.25, -0.2) is 20.6 Å². The molecule has 9 heteroatoms. The maximum absolute atomic E-state index is 12.5. The second-order valence-electron chi connectivity index (χ2n) is 8.11. The largest absolute Gasteiger partial charge is 0.473 e. The van der Waals surface area contributed by atoms with Crippen LogP contribution in [-0.4, -0.2) is 58.8 Å². The van der Waals surface area contributed by atoms with E-state index in [1.165, 1.54) is 24.3 Å². The highest BCUT2D eigenvalue weighted by atomic mass is 16.6. The van der Waals surface area contributed by atoms with E-state index in [2.05, 4.69) is 23.8 Å². The van der Waals surface area contributed by atoms with Crippen LogP contribution in [0.25, 0.3) is 5.70 Å². The van der Waals surface area contributed by atoms with Crippen LogP contribution in [0.3, 0.4) is 0 Å². The summed E-state index contributed by atoms with van der Waals surface area (Å²) in [6.45, 7) is 4.09. The highest BCUT2D eigenvalue weighted by Gasteiger charge is 2.21. The molecule has 9 nitrogen and oxygen atoms in total. The first-order valence-corrected chi connectivity index (χ1v) is 11.2. The van der Waals surface area contributed by atoms with Crippen LogP contribution in [0, 0.1) is 0 Å². The minimum Gasteiger partial charge on any atom is -0.473 e. The number of rotatable bonds is 10. The Morgan fingerprint density at radius 3 is 2.45 bits per heavy atom. The monoisotopic (exact) mass is 434 g/mol. The molecule has 31 heavy (non-hydrogen) atoms. The molecule has 1 amide bonds. The molecule has 1 aromatic rings. The van der Waals surface area contributed by atoms with Crippen molar-refractivity contribution >= 4 is 11.8 Å². The molecular weight excluding hydrogens is 396 g/mol. The van der Waals surface area contributed by atoms with Crippen molar-refractivity contribution in [3.63, 3.8) is 0 Å². The zero-order chi connectivity index (χ0) is 22.8. The highest BCUT2D eigenvalue weighted by Crippen LogP contribution is 2.22. The van der Waals surface area contributed by atoms with E-state index in [1.807, 2.05) is 0 Å². The molecule has 1 aliphatic rings. The SMILES string of the molecule is CCCC(CC)N(C)C(=O)OC/C(=C(/N)c1cnc(OC2CCCCC2)cn1)N(C)N. The van der Waals surface area contributed by atoms with Crippen LogP contribution in [-0.2, 0) is 4.74 Å². The summed E-state index contributed by atoms with van der Waals surface area (Å²) in [6.07, 6.45) is 11.4. The van der Waals surface area contributed by atoms with Gasteiger partial charge < -0.3 is 25.1 Å². The molecule has 0 spiro atoms. The Bertz CT molecular complexity index is 716. The average Bonchev–Trinajstić information content (AvgIpc) is 2.77. The lowest BCUT2D eigenvalue weighted by atomic mass is 9.98. The number of carbonyl (C=O) groups is 1. The van der Waals surface area contributed by atoms with Gasteiger partial charge in [-0.3, -0.25) is 0 Å².